The van der Waals surface area contributed by atoms with Crippen LogP contribution in [0.2, 0.25) is 0 Å². The summed E-state index contributed by atoms with van der Waals surface area (Å²) in [4.78, 5) is 2.50. The summed E-state index contributed by atoms with van der Waals surface area (Å²) in [6, 6.07) is 8.55. The van der Waals surface area contributed by atoms with Gasteiger partial charge < -0.3 is 10.5 Å². The van der Waals surface area contributed by atoms with Crippen LogP contribution in [0.3, 0.4) is 0 Å². The lowest BCUT2D eigenvalue weighted by Gasteiger charge is -2.29. The summed E-state index contributed by atoms with van der Waals surface area (Å²) in [6.45, 7) is 10.2. The average molecular weight is 262 g/mol. The van der Waals surface area contributed by atoms with Crippen LogP contribution in [0.15, 0.2) is 24.3 Å². The van der Waals surface area contributed by atoms with Crippen LogP contribution in [0.1, 0.15) is 38.8 Å². The molecule has 0 bridgehead atoms. The van der Waals surface area contributed by atoms with Gasteiger partial charge in [-0.2, -0.15) is 0 Å². The molecule has 106 valence electrons. The predicted octanol–water partition coefficient (Wildman–Crippen LogP) is 2.82. The maximum absolute atomic E-state index is 6.04. The quantitative estimate of drug-likeness (QED) is 0.887. The number of benzene rings is 1. The topological polar surface area (TPSA) is 38.5 Å². The van der Waals surface area contributed by atoms with Crippen molar-refractivity contribution in [3.8, 4) is 5.75 Å². The van der Waals surface area contributed by atoms with E-state index in [1.165, 1.54) is 12.0 Å². The summed E-state index contributed by atoms with van der Waals surface area (Å²) >= 11 is 0. The van der Waals surface area contributed by atoms with E-state index in [1.807, 2.05) is 19.1 Å². The first-order valence-corrected chi connectivity index (χ1v) is 7.23. The van der Waals surface area contributed by atoms with Gasteiger partial charge in [0.15, 0.2) is 0 Å². The van der Waals surface area contributed by atoms with Crippen LogP contribution in [0.25, 0.3) is 0 Å². The summed E-state index contributed by atoms with van der Waals surface area (Å²) in [5.41, 5.74) is 7.66. The van der Waals surface area contributed by atoms with Gasteiger partial charge in [-0.25, -0.2) is 0 Å². The second-order valence-electron chi connectivity index (χ2n) is 6.11. The lowest BCUT2D eigenvalue weighted by molar-refractivity contribution is 0.217. The minimum Gasteiger partial charge on any atom is -0.494 e. The molecule has 3 nitrogen and oxygen atoms in total. The van der Waals surface area contributed by atoms with Crippen LogP contribution in [-0.4, -0.2) is 31.1 Å². The lowest BCUT2D eigenvalue weighted by Crippen LogP contribution is -2.33. The smallest absolute Gasteiger partial charge is 0.124 e. The van der Waals surface area contributed by atoms with E-state index in [4.69, 9.17) is 10.5 Å². The molecule has 19 heavy (non-hydrogen) atoms. The normalized spacial score (nSPS) is 20.4. The molecular formula is C16H26N2O. The van der Waals surface area contributed by atoms with E-state index in [2.05, 4.69) is 30.9 Å². The van der Waals surface area contributed by atoms with Crippen molar-refractivity contribution < 1.29 is 4.74 Å². The van der Waals surface area contributed by atoms with Gasteiger partial charge >= 0.3 is 0 Å². The van der Waals surface area contributed by atoms with E-state index < -0.39 is 0 Å². The molecule has 2 N–H and O–H groups in total. The molecule has 1 heterocycles. The van der Waals surface area contributed by atoms with E-state index >= 15 is 0 Å². The molecule has 1 aromatic carbocycles. The van der Waals surface area contributed by atoms with Crippen molar-refractivity contribution in [2.24, 2.45) is 11.1 Å². The van der Waals surface area contributed by atoms with Gasteiger partial charge in [-0.3, -0.25) is 4.90 Å². The number of hydrogen-bond donors (Lipinski definition) is 1. The van der Waals surface area contributed by atoms with E-state index in [0.717, 1.165) is 18.8 Å². The van der Waals surface area contributed by atoms with Crippen LogP contribution >= 0.6 is 0 Å². The number of rotatable bonds is 5. The van der Waals surface area contributed by atoms with Gasteiger partial charge in [-0.1, -0.05) is 32.0 Å². The van der Waals surface area contributed by atoms with E-state index in [0.29, 0.717) is 18.6 Å². The van der Waals surface area contributed by atoms with Crippen molar-refractivity contribution in [1.82, 2.24) is 4.90 Å². The molecule has 1 aliphatic rings. The molecule has 1 aromatic rings. The second-order valence-corrected chi connectivity index (χ2v) is 6.11. The fourth-order valence-electron chi connectivity index (χ4n) is 2.94. The second kappa shape index (κ2) is 5.93. The van der Waals surface area contributed by atoms with Crippen molar-refractivity contribution in [2.45, 2.75) is 33.2 Å². The standard InChI is InChI=1S/C16H26N2O/c1-4-19-15-8-6-5-7-13(15)14(11-17)18-10-9-16(2,3)12-18/h5-8,14H,4,9-12,17H2,1-3H3. The van der Waals surface area contributed by atoms with Crippen molar-refractivity contribution in [3.05, 3.63) is 29.8 Å². The van der Waals surface area contributed by atoms with Gasteiger partial charge in [0.1, 0.15) is 5.75 Å². The molecule has 0 aromatic heterocycles. The molecule has 0 spiro atoms. The molecular weight excluding hydrogens is 236 g/mol. The Bertz CT molecular complexity index is 417. The zero-order chi connectivity index (χ0) is 13.9. The highest BCUT2D eigenvalue weighted by Gasteiger charge is 2.34. The zero-order valence-electron chi connectivity index (χ0n) is 12.4. The third-order valence-corrected chi connectivity index (χ3v) is 3.95. The Balaban J connectivity index is 2.22. The first-order chi connectivity index (χ1) is 9.07. The molecule has 1 atom stereocenters. The highest BCUT2D eigenvalue weighted by Crippen LogP contribution is 2.36. The molecule has 0 saturated carbocycles. The van der Waals surface area contributed by atoms with E-state index in [-0.39, 0.29) is 6.04 Å². The van der Waals surface area contributed by atoms with Crippen molar-refractivity contribution in [1.29, 1.82) is 0 Å². The molecule has 2 rings (SSSR count). The minimum atomic E-state index is 0.268. The van der Waals surface area contributed by atoms with Crippen LogP contribution < -0.4 is 10.5 Å². The van der Waals surface area contributed by atoms with Gasteiger partial charge in [-0.05, 0) is 31.4 Å². The summed E-state index contributed by atoms with van der Waals surface area (Å²) in [5, 5.41) is 0. The van der Waals surface area contributed by atoms with Crippen LogP contribution in [-0.2, 0) is 0 Å². The van der Waals surface area contributed by atoms with Crippen molar-refractivity contribution in [3.63, 3.8) is 0 Å². The molecule has 1 fully saturated rings. The maximum Gasteiger partial charge on any atom is 0.124 e. The SMILES string of the molecule is CCOc1ccccc1C(CN)N1CCC(C)(C)C1. The van der Waals surface area contributed by atoms with Crippen LogP contribution in [0.4, 0.5) is 0 Å². The number of para-hydroxylation sites is 1. The number of hydrogen-bond acceptors (Lipinski definition) is 3. The highest BCUT2D eigenvalue weighted by molar-refractivity contribution is 5.36. The van der Waals surface area contributed by atoms with Gasteiger partial charge in [0.05, 0.1) is 12.6 Å². The van der Waals surface area contributed by atoms with Gasteiger partial charge in [0.25, 0.3) is 0 Å². The number of likely N-dealkylation sites (tertiary alicyclic amines) is 1. The van der Waals surface area contributed by atoms with Crippen molar-refractivity contribution in [2.75, 3.05) is 26.2 Å². The predicted molar refractivity (Wildman–Crippen MR) is 79.4 cm³/mol. The first-order valence-electron chi connectivity index (χ1n) is 7.23. The van der Waals surface area contributed by atoms with Gasteiger partial charge in [0, 0.05) is 18.7 Å². The summed E-state index contributed by atoms with van der Waals surface area (Å²) in [7, 11) is 0. The first kappa shape index (κ1) is 14.4. The summed E-state index contributed by atoms with van der Waals surface area (Å²) in [6.07, 6.45) is 1.24. The monoisotopic (exact) mass is 262 g/mol. The fourth-order valence-corrected chi connectivity index (χ4v) is 2.94. The van der Waals surface area contributed by atoms with Crippen molar-refractivity contribution >= 4 is 0 Å². The Labute approximate surface area is 116 Å². The Morgan fingerprint density at radius 3 is 2.68 bits per heavy atom. The third kappa shape index (κ3) is 3.28. The van der Waals surface area contributed by atoms with Crippen LogP contribution in [0.5, 0.6) is 5.75 Å². The maximum atomic E-state index is 6.04. The fraction of sp³-hybridized carbons (Fsp3) is 0.625. The lowest BCUT2D eigenvalue weighted by atomic mass is 9.93. The Morgan fingerprint density at radius 1 is 1.37 bits per heavy atom. The van der Waals surface area contributed by atoms with E-state index in [9.17, 15) is 0 Å². The molecule has 0 aliphatic carbocycles. The van der Waals surface area contributed by atoms with Gasteiger partial charge in [0.2, 0.25) is 0 Å². The molecule has 0 amide bonds. The Morgan fingerprint density at radius 2 is 2.11 bits per heavy atom. The minimum absolute atomic E-state index is 0.268. The third-order valence-electron chi connectivity index (χ3n) is 3.95. The molecule has 1 unspecified atom stereocenters. The summed E-state index contributed by atoms with van der Waals surface area (Å²) in [5.74, 6) is 0.977. The number of nitrogens with zero attached hydrogens (tertiary/aromatic N) is 1. The molecule has 1 aliphatic heterocycles. The Kier molecular flexibility index (Phi) is 4.48. The summed E-state index contributed by atoms with van der Waals surface area (Å²) < 4.78 is 5.75. The highest BCUT2D eigenvalue weighted by atomic mass is 16.5. The Hall–Kier alpha value is -1.06. The van der Waals surface area contributed by atoms with Gasteiger partial charge in [-0.15, -0.1) is 0 Å². The molecule has 0 radical (unpaired) electrons. The molecule has 1 saturated heterocycles. The number of nitrogens with two attached hydrogens (primary N) is 1. The average Bonchev–Trinajstić information content (AvgIpc) is 2.73. The zero-order valence-corrected chi connectivity index (χ0v) is 12.4. The largest absolute Gasteiger partial charge is 0.494 e. The van der Waals surface area contributed by atoms with Crippen LogP contribution in [0, 0.1) is 5.41 Å². The van der Waals surface area contributed by atoms with E-state index in [1.54, 1.807) is 0 Å². The number of ether oxygens (including phenoxy) is 1. The molecule has 3 heteroatoms.